The maximum atomic E-state index is 12.2. The average molecular weight is 405 g/mol. The van der Waals surface area contributed by atoms with Crippen molar-refractivity contribution in [3.05, 3.63) is 45.5 Å². The lowest BCUT2D eigenvalue weighted by Gasteiger charge is -2.05. The van der Waals surface area contributed by atoms with Crippen LogP contribution in [0.15, 0.2) is 29.2 Å². The van der Waals surface area contributed by atoms with Crippen LogP contribution in [0.3, 0.4) is 0 Å². The van der Waals surface area contributed by atoms with Gasteiger partial charge in [0.25, 0.3) is 5.56 Å². The molecular formula is C18H20N4O3S2. The van der Waals surface area contributed by atoms with E-state index in [0.717, 1.165) is 9.71 Å². The number of nitrogens with one attached hydrogen (secondary N) is 2. The van der Waals surface area contributed by atoms with Gasteiger partial charge in [0, 0.05) is 10.9 Å². The van der Waals surface area contributed by atoms with Crippen LogP contribution in [0.5, 0.6) is 5.88 Å². The highest BCUT2D eigenvalue weighted by molar-refractivity contribution is 7.99. The van der Waals surface area contributed by atoms with Gasteiger partial charge in [-0.25, -0.2) is 9.97 Å². The molecule has 0 atom stereocenters. The van der Waals surface area contributed by atoms with Gasteiger partial charge in [0.1, 0.15) is 10.7 Å². The lowest BCUT2D eigenvalue weighted by Crippen LogP contribution is -2.15. The van der Waals surface area contributed by atoms with Crippen LogP contribution in [0.2, 0.25) is 0 Å². The third kappa shape index (κ3) is 4.86. The van der Waals surface area contributed by atoms with E-state index in [-0.39, 0.29) is 17.2 Å². The Morgan fingerprint density at radius 1 is 1.41 bits per heavy atom. The van der Waals surface area contributed by atoms with E-state index in [0.29, 0.717) is 34.4 Å². The maximum absolute atomic E-state index is 12.2. The second-order valence-electron chi connectivity index (χ2n) is 6.17. The molecule has 0 radical (unpaired) electrons. The van der Waals surface area contributed by atoms with Crippen LogP contribution < -0.4 is 15.6 Å². The number of carbonyl (C=O) groups excluding carboxylic acids is 1. The second-order valence-corrected chi connectivity index (χ2v) is 8.21. The molecule has 0 fully saturated rings. The van der Waals surface area contributed by atoms with Crippen LogP contribution in [0.25, 0.3) is 10.2 Å². The summed E-state index contributed by atoms with van der Waals surface area (Å²) in [5.74, 6) is 1.98. The van der Waals surface area contributed by atoms with Crippen molar-refractivity contribution in [1.29, 1.82) is 0 Å². The number of carbonyl (C=O) groups is 1. The summed E-state index contributed by atoms with van der Waals surface area (Å²) in [6.07, 6.45) is 1.54. The van der Waals surface area contributed by atoms with Crippen molar-refractivity contribution < 1.29 is 9.53 Å². The average Bonchev–Trinajstić information content (AvgIpc) is 3.07. The standard InChI is InChI=1S/C18H20N4O3S2/c1-10(2)13-6-12-17(24)21-14(22-18(12)27-13)8-26-9-15(23)20-11-4-5-16(25-3)19-7-11/h4-7,10H,8-9H2,1-3H3,(H,20,23)(H,21,22,24). The molecule has 7 nitrogen and oxygen atoms in total. The van der Waals surface area contributed by atoms with Gasteiger partial charge in [-0.05, 0) is 18.1 Å². The van der Waals surface area contributed by atoms with Crippen molar-refractivity contribution in [1.82, 2.24) is 15.0 Å². The fourth-order valence-corrected chi connectivity index (χ4v) is 4.10. The number of nitrogens with zero attached hydrogens (tertiary/aromatic N) is 2. The first kappa shape index (κ1) is 19.4. The van der Waals surface area contributed by atoms with Gasteiger partial charge in [-0.3, -0.25) is 9.59 Å². The van der Waals surface area contributed by atoms with Crippen molar-refractivity contribution in [2.24, 2.45) is 0 Å². The molecule has 1 amide bonds. The number of rotatable bonds is 7. The number of amides is 1. The zero-order valence-corrected chi connectivity index (χ0v) is 16.9. The minimum Gasteiger partial charge on any atom is -0.481 e. The Bertz CT molecular complexity index is 996. The molecule has 0 aliphatic heterocycles. The van der Waals surface area contributed by atoms with Gasteiger partial charge < -0.3 is 15.0 Å². The summed E-state index contributed by atoms with van der Waals surface area (Å²) < 4.78 is 4.98. The van der Waals surface area contributed by atoms with Crippen molar-refractivity contribution in [3.63, 3.8) is 0 Å². The summed E-state index contributed by atoms with van der Waals surface area (Å²) in [4.78, 5) is 37.5. The number of anilines is 1. The molecule has 3 rings (SSSR count). The van der Waals surface area contributed by atoms with Gasteiger partial charge in [-0.15, -0.1) is 23.1 Å². The normalized spacial score (nSPS) is 11.1. The zero-order chi connectivity index (χ0) is 19.4. The molecule has 3 aromatic heterocycles. The van der Waals surface area contributed by atoms with Gasteiger partial charge in [-0.1, -0.05) is 13.8 Å². The minimum atomic E-state index is -0.145. The third-order valence-electron chi connectivity index (χ3n) is 3.74. The molecule has 0 aliphatic rings. The molecule has 27 heavy (non-hydrogen) atoms. The zero-order valence-electron chi connectivity index (χ0n) is 15.2. The predicted molar refractivity (Wildman–Crippen MR) is 110 cm³/mol. The summed E-state index contributed by atoms with van der Waals surface area (Å²) in [7, 11) is 1.53. The molecule has 2 N–H and O–H groups in total. The number of thioether (sulfide) groups is 1. The van der Waals surface area contributed by atoms with Gasteiger partial charge in [0.15, 0.2) is 0 Å². The first-order chi connectivity index (χ1) is 13.0. The Balaban J connectivity index is 1.57. The largest absolute Gasteiger partial charge is 0.481 e. The Hall–Kier alpha value is -2.39. The SMILES string of the molecule is COc1ccc(NC(=O)CSCc2nc3sc(C(C)C)cc3c(=O)[nH]2)cn1. The number of H-pyrrole nitrogens is 1. The van der Waals surface area contributed by atoms with Crippen LogP contribution in [0, 0.1) is 0 Å². The maximum Gasteiger partial charge on any atom is 0.259 e. The topological polar surface area (TPSA) is 97.0 Å². The van der Waals surface area contributed by atoms with Crippen molar-refractivity contribution in [3.8, 4) is 5.88 Å². The van der Waals surface area contributed by atoms with Gasteiger partial charge >= 0.3 is 0 Å². The lowest BCUT2D eigenvalue weighted by atomic mass is 10.2. The number of hydrogen-bond donors (Lipinski definition) is 2. The Morgan fingerprint density at radius 2 is 2.22 bits per heavy atom. The highest BCUT2D eigenvalue weighted by atomic mass is 32.2. The molecule has 3 heterocycles. The fraction of sp³-hybridized carbons (Fsp3) is 0.333. The number of methoxy groups -OCH3 is 1. The number of hydrogen-bond acceptors (Lipinski definition) is 7. The summed E-state index contributed by atoms with van der Waals surface area (Å²) in [5.41, 5.74) is 0.474. The molecular weight excluding hydrogens is 384 g/mol. The molecule has 142 valence electrons. The highest BCUT2D eigenvalue weighted by Gasteiger charge is 2.11. The molecule has 9 heteroatoms. The molecule has 0 aromatic carbocycles. The summed E-state index contributed by atoms with van der Waals surface area (Å²) >= 11 is 2.93. The monoisotopic (exact) mass is 404 g/mol. The second kappa shape index (κ2) is 8.53. The van der Waals surface area contributed by atoms with Gasteiger partial charge in [-0.2, -0.15) is 0 Å². The van der Waals surface area contributed by atoms with E-state index >= 15 is 0 Å². The van der Waals surface area contributed by atoms with E-state index in [9.17, 15) is 9.59 Å². The third-order valence-corrected chi connectivity index (χ3v) is 6.01. The number of thiophene rings is 1. The van der Waals surface area contributed by atoms with E-state index in [1.165, 1.54) is 25.1 Å². The van der Waals surface area contributed by atoms with E-state index in [1.807, 2.05) is 6.07 Å². The Morgan fingerprint density at radius 3 is 2.89 bits per heavy atom. The van der Waals surface area contributed by atoms with E-state index in [4.69, 9.17) is 4.74 Å². The van der Waals surface area contributed by atoms with Crippen molar-refractivity contribution in [2.75, 3.05) is 18.2 Å². The van der Waals surface area contributed by atoms with Crippen LogP contribution in [-0.2, 0) is 10.5 Å². The molecule has 0 saturated heterocycles. The van der Waals surface area contributed by atoms with Crippen LogP contribution >= 0.6 is 23.1 Å². The quantitative estimate of drug-likeness (QED) is 0.627. The number of aromatic nitrogens is 3. The highest BCUT2D eigenvalue weighted by Crippen LogP contribution is 2.27. The van der Waals surface area contributed by atoms with Gasteiger partial charge in [0.05, 0.1) is 35.9 Å². The number of pyridine rings is 1. The minimum absolute atomic E-state index is 0.132. The fourth-order valence-electron chi connectivity index (χ4n) is 2.36. The van der Waals surface area contributed by atoms with Crippen LogP contribution in [-0.4, -0.2) is 33.7 Å². The van der Waals surface area contributed by atoms with Crippen molar-refractivity contribution >= 4 is 44.9 Å². The molecule has 0 spiro atoms. The van der Waals surface area contributed by atoms with Crippen LogP contribution in [0.4, 0.5) is 5.69 Å². The first-order valence-electron chi connectivity index (χ1n) is 8.36. The first-order valence-corrected chi connectivity index (χ1v) is 10.3. The predicted octanol–water partition coefficient (Wildman–Crippen LogP) is 3.38. The number of ether oxygens (including phenoxy) is 1. The van der Waals surface area contributed by atoms with E-state index in [1.54, 1.807) is 23.5 Å². The summed E-state index contributed by atoms with van der Waals surface area (Å²) in [6.45, 7) is 4.18. The molecule has 0 bridgehead atoms. The molecule has 0 unspecified atom stereocenters. The Labute approximate surface area is 164 Å². The summed E-state index contributed by atoms with van der Waals surface area (Å²) in [6, 6.07) is 5.31. The van der Waals surface area contributed by atoms with E-state index in [2.05, 4.69) is 34.1 Å². The molecule has 0 saturated carbocycles. The summed E-state index contributed by atoms with van der Waals surface area (Å²) in [5, 5.41) is 3.40. The van der Waals surface area contributed by atoms with Gasteiger partial charge in [0.2, 0.25) is 11.8 Å². The lowest BCUT2D eigenvalue weighted by molar-refractivity contribution is -0.113. The molecule has 3 aromatic rings. The smallest absolute Gasteiger partial charge is 0.259 e. The van der Waals surface area contributed by atoms with Crippen LogP contribution in [0.1, 0.15) is 30.5 Å². The van der Waals surface area contributed by atoms with E-state index < -0.39 is 0 Å². The molecule has 0 aliphatic carbocycles. The number of fused-ring (bicyclic) bond motifs is 1. The Kier molecular flexibility index (Phi) is 6.12. The number of aromatic amines is 1. The van der Waals surface area contributed by atoms with Crippen molar-refractivity contribution in [2.45, 2.75) is 25.5 Å².